The summed E-state index contributed by atoms with van der Waals surface area (Å²) in [6.07, 6.45) is 0. The summed E-state index contributed by atoms with van der Waals surface area (Å²) in [7, 11) is 0. The van der Waals surface area contributed by atoms with E-state index >= 15 is 0 Å². The zero-order valence-corrected chi connectivity index (χ0v) is 11.7. The minimum Gasteiger partial charge on any atom is -0.493 e. The lowest BCUT2D eigenvalue weighted by Crippen LogP contribution is -2.20. The third kappa shape index (κ3) is 3.72. The summed E-state index contributed by atoms with van der Waals surface area (Å²) < 4.78 is 5.81. The normalized spacial score (nSPS) is 12.2. The number of rotatable bonds is 5. The van der Waals surface area contributed by atoms with Crippen LogP contribution in [0.3, 0.4) is 0 Å². The molecule has 0 saturated carbocycles. The minimum absolute atomic E-state index is 0.106. The molecule has 2 nitrogen and oxygen atoms in total. The van der Waals surface area contributed by atoms with Gasteiger partial charge in [0.05, 0.1) is 6.61 Å². The van der Waals surface area contributed by atoms with E-state index in [2.05, 4.69) is 0 Å². The highest BCUT2D eigenvalue weighted by atomic mass is 35.5. The highest BCUT2D eigenvalue weighted by molar-refractivity contribution is 6.31. The zero-order valence-electron chi connectivity index (χ0n) is 11.0. The van der Waals surface area contributed by atoms with Gasteiger partial charge in [-0.25, -0.2) is 0 Å². The molecule has 0 saturated heterocycles. The Morgan fingerprint density at radius 3 is 2.63 bits per heavy atom. The van der Waals surface area contributed by atoms with Crippen LogP contribution in [-0.4, -0.2) is 13.2 Å². The summed E-state index contributed by atoms with van der Waals surface area (Å²) in [5, 5.41) is 0.741. The number of hydrogen-bond acceptors (Lipinski definition) is 2. The third-order valence-electron chi connectivity index (χ3n) is 3.07. The monoisotopic (exact) mass is 275 g/mol. The summed E-state index contributed by atoms with van der Waals surface area (Å²) >= 11 is 6.19. The smallest absolute Gasteiger partial charge is 0.119 e. The first-order chi connectivity index (χ1) is 9.20. The van der Waals surface area contributed by atoms with E-state index < -0.39 is 0 Å². The van der Waals surface area contributed by atoms with Gasteiger partial charge in [0.25, 0.3) is 0 Å². The lowest BCUT2D eigenvalue weighted by atomic mass is 10.0. The molecule has 0 fully saturated rings. The maximum absolute atomic E-state index is 6.19. The summed E-state index contributed by atoms with van der Waals surface area (Å²) in [6, 6.07) is 15.8. The van der Waals surface area contributed by atoms with Crippen LogP contribution in [0.5, 0.6) is 5.75 Å². The quantitative estimate of drug-likeness (QED) is 0.901. The Hall–Kier alpha value is -1.51. The van der Waals surface area contributed by atoms with Crippen molar-refractivity contribution in [1.29, 1.82) is 0 Å². The molecule has 0 amide bonds. The second kappa shape index (κ2) is 6.60. The van der Waals surface area contributed by atoms with Crippen molar-refractivity contribution in [3.8, 4) is 5.75 Å². The van der Waals surface area contributed by atoms with Crippen LogP contribution in [0.15, 0.2) is 48.5 Å². The molecule has 0 heterocycles. The largest absolute Gasteiger partial charge is 0.493 e. The van der Waals surface area contributed by atoms with E-state index in [1.54, 1.807) is 0 Å². The van der Waals surface area contributed by atoms with Gasteiger partial charge in [-0.3, -0.25) is 0 Å². The number of hydrogen-bond donors (Lipinski definition) is 1. The molecule has 2 aromatic carbocycles. The molecular weight excluding hydrogens is 258 g/mol. The molecular formula is C16H18ClNO. The van der Waals surface area contributed by atoms with E-state index in [1.165, 1.54) is 5.56 Å². The SMILES string of the molecule is Cc1cccc(OCC(CN)c2ccccc2Cl)c1. The van der Waals surface area contributed by atoms with Crippen molar-refractivity contribution in [2.75, 3.05) is 13.2 Å². The fraction of sp³-hybridized carbons (Fsp3) is 0.250. The van der Waals surface area contributed by atoms with Crippen molar-refractivity contribution < 1.29 is 4.74 Å². The lowest BCUT2D eigenvalue weighted by Gasteiger charge is -2.17. The maximum atomic E-state index is 6.19. The van der Waals surface area contributed by atoms with Gasteiger partial charge in [-0.15, -0.1) is 0 Å². The molecule has 0 aliphatic carbocycles. The molecule has 0 bridgehead atoms. The van der Waals surface area contributed by atoms with Gasteiger partial charge in [0.2, 0.25) is 0 Å². The van der Waals surface area contributed by atoms with Crippen LogP contribution in [0.4, 0.5) is 0 Å². The predicted molar refractivity (Wildman–Crippen MR) is 79.9 cm³/mol. The van der Waals surface area contributed by atoms with Crippen LogP contribution in [0.2, 0.25) is 5.02 Å². The molecule has 2 rings (SSSR count). The third-order valence-corrected chi connectivity index (χ3v) is 3.41. The zero-order chi connectivity index (χ0) is 13.7. The van der Waals surface area contributed by atoms with Crippen molar-refractivity contribution in [3.63, 3.8) is 0 Å². The van der Waals surface area contributed by atoms with Crippen LogP contribution in [-0.2, 0) is 0 Å². The van der Waals surface area contributed by atoms with E-state index in [4.69, 9.17) is 22.1 Å². The van der Waals surface area contributed by atoms with Crippen LogP contribution < -0.4 is 10.5 Å². The first-order valence-corrected chi connectivity index (χ1v) is 6.72. The molecule has 0 aliphatic heterocycles. The van der Waals surface area contributed by atoms with Crippen LogP contribution in [0.1, 0.15) is 17.0 Å². The van der Waals surface area contributed by atoms with E-state index in [1.807, 2.05) is 55.5 Å². The fourth-order valence-electron chi connectivity index (χ4n) is 1.99. The van der Waals surface area contributed by atoms with Crippen LogP contribution >= 0.6 is 11.6 Å². The van der Waals surface area contributed by atoms with Gasteiger partial charge in [0.1, 0.15) is 5.75 Å². The van der Waals surface area contributed by atoms with Gasteiger partial charge in [-0.2, -0.15) is 0 Å². The fourth-order valence-corrected chi connectivity index (χ4v) is 2.28. The van der Waals surface area contributed by atoms with Crippen LogP contribution in [0.25, 0.3) is 0 Å². The minimum atomic E-state index is 0.106. The second-order valence-corrected chi connectivity index (χ2v) is 4.99. The van der Waals surface area contributed by atoms with E-state index in [9.17, 15) is 0 Å². The summed E-state index contributed by atoms with van der Waals surface area (Å²) in [4.78, 5) is 0. The number of aryl methyl sites for hydroxylation is 1. The molecule has 3 heteroatoms. The molecule has 1 unspecified atom stereocenters. The molecule has 0 radical (unpaired) electrons. The number of nitrogens with two attached hydrogens (primary N) is 1. The average molecular weight is 276 g/mol. The molecule has 1 atom stereocenters. The van der Waals surface area contributed by atoms with Crippen molar-refractivity contribution in [3.05, 3.63) is 64.7 Å². The molecule has 0 spiro atoms. The molecule has 19 heavy (non-hydrogen) atoms. The lowest BCUT2D eigenvalue weighted by molar-refractivity contribution is 0.290. The van der Waals surface area contributed by atoms with Crippen molar-refractivity contribution in [2.24, 2.45) is 5.73 Å². The van der Waals surface area contributed by atoms with Gasteiger partial charge in [-0.05, 0) is 36.2 Å². The topological polar surface area (TPSA) is 35.2 Å². The Balaban J connectivity index is 2.06. The summed E-state index contributed by atoms with van der Waals surface area (Å²) in [6.45, 7) is 3.08. The van der Waals surface area contributed by atoms with E-state index in [0.717, 1.165) is 16.3 Å². The summed E-state index contributed by atoms with van der Waals surface area (Å²) in [5.41, 5.74) is 8.05. The molecule has 2 N–H and O–H groups in total. The standard InChI is InChI=1S/C16H18ClNO/c1-12-5-4-6-14(9-12)19-11-13(10-18)15-7-2-3-8-16(15)17/h2-9,13H,10-11,18H2,1H3. The van der Waals surface area contributed by atoms with Gasteiger partial charge >= 0.3 is 0 Å². The Bertz CT molecular complexity index is 542. The Morgan fingerprint density at radius 2 is 1.95 bits per heavy atom. The molecule has 0 aliphatic rings. The number of halogens is 1. The van der Waals surface area contributed by atoms with E-state index in [-0.39, 0.29) is 5.92 Å². The Morgan fingerprint density at radius 1 is 1.16 bits per heavy atom. The van der Waals surface area contributed by atoms with Crippen LogP contribution in [0, 0.1) is 6.92 Å². The van der Waals surface area contributed by atoms with Gasteiger partial charge in [0, 0.05) is 17.5 Å². The second-order valence-electron chi connectivity index (χ2n) is 4.58. The molecule has 0 aromatic heterocycles. The van der Waals surface area contributed by atoms with Gasteiger partial charge in [-0.1, -0.05) is 41.9 Å². The van der Waals surface area contributed by atoms with Gasteiger partial charge < -0.3 is 10.5 Å². The van der Waals surface area contributed by atoms with Crippen molar-refractivity contribution in [1.82, 2.24) is 0 Å². The first kappa shape index (κ1) is 13.9. The first-order valence-electron chi connectivity index (χ1n) is 6.34. The van der Waals surface area contributed by atoms with Gasteiger partial charge in [0.15, 0.2) is 0 Å². The summed E-state index contributed by atoms with van der Waals surface area (Å²) in [5.74, 6) is 0.972. The van der Waals surface area contributed by atoms with Crippen molar-refractivity contribution >= 4 is 11.6 Å². The Labute approximate surface area is 119 Å². The maximum Gasteiger partial charge on any atom is 0.119 e. The number of ether oxygens (including phenoxy) is 1. The highest BCUT2D eigenvalue weighted by Crippen LogP contribution is 2.24. The van der Waals surface area contributed by atoms with E-state index in [0.29, 0.717) is 13.2 Å². The molecule has 2 aromatic rings. The molecule has 100 valence electrons. The van der Waals surface area contributed by atoms with Crippen molar-refractivity contribution in [2.45, 2.75) is 12.8 Å². The number of benzene rings is 2. The Kier molecular flexibility index (Phi) is 4.83. The predicted octanol–water partition coefficient (Wildman–Crippen LogP) is 3.77. The average Bonchev–Trinajstić information content (AvgIpc) is 2.41. The highest BCUT2D eigenvalue weighted by Gasteiger charge is 2.13.